The fourth-order valence-corrected chi connectivity index (χ4v) is 5.17. The Morgan fingerprint density at radius 3 is 2.61 bits per heavy atom. The van der Waals surface area contributed by atoms with Gasteiger partial charge in [0, 0.05) is 13.1 Å². The molecule has 1 aliphatic heterocycles. The summed E-state index contributed by atoms with van der Waals surface area (Å²) < 4.78 is 29.8. The molecule has 5 nitrogen and oxygen atoms in total. The van der Waals surface area contributed by atoms with Crippen LogP contribution in [0, 0.1) is 6.92 Å². The topological polar surface area (TPSA) is 55.2 Å². The van der Waals surface area contributed by atoms with Crippen molar-refractivity contribution in [3.8, 4) is 0 Å². The number of piperidine rings is 1. The Bertz CT molecular complexity index is 768. The Hall–Kier alpha value is -1.66. The van der Waals surface area contributed by atoms with E-state index < -0.39 is 10.0 Å². The number of nitrogens with zero attached hydrogens (tertiary/aromatic N) is 3. The number of rotatable bonds is 4. The summed E-state index contributed by atoms with van der Waals surface area (Å²) in [6.45, 7) is 5.02. The van der Waals surface area contributed by atoms with Crippen molar-refractivity contribution < 1.29 is 8.42 Å². The van der Waals surface area contributed by atoms with Crippen molar-refractivity contribution in [2.24, 2.45) is 0 Å². The van der Waals surface area contributed by atoms with Crippen LogP contribution < -0.4 is 0 Å². The van der Waals surface area contributed by atoms with Crippen molar-refractivity contribution in [1.29, 1.82) is 0 Å². The number of aromatic nitrogens is 2. The van der Waals surface area contributed by atoms with Crippen LogP contribution in [0.15, 0.2) is 41.4 Å². The van der Waals surface area contributed by atoms with E-state index in [1.54, 1.807) is 8.99 Å². The van der Waals surface area contributed by atoms with Crippen LogP contribution in [0.3, 0.4) is 0 Å². The number of sulfonamides is 1. The summed E-state index contributed by atoms with van der Waals surface area (Å²) in [5.41, 5.74) is 1.78. The molecule has 1 fully saturated rings. The SMILES string of the molecule is CCn1ncc(S(=O)(=O)N2CCCCC2c2ccccc2)c1C. The van der Waals surface area contributed by atoms with Gasteiger partial charge in [0.25, 0.3) is 0 Å². The molecule has 3 rings (SSSR count). The van der Waals surface area contributed by atoms with Crippen LogP contribution in [0.25, 0.3) is 0 Å². The minimum atomic E-state index is -3.53. The Kier molecular flexibility index (Phi) is 4.55. The highest BCUT2D eigenvalue weighted by Crippen LogP contribution is 2.35. The molecule has 0 bridgehead atoms. The van der Waals surface area contributed by atoms with Crippen LogP contribution >= 0.6 is 0 Å². The maximum Gasteiger partial charge on any atom is 0.247 e. The third kappa shape index (κ3) is 2.93. The smallest absolute Gasteiger partial charge is 0.247 e. The van der Waals surface area contributed by atoms with Crippen LogP contribution in [0.2, 0.25) is 0 Å². The lowest BCUT2D eigenvalue weighted by Gasteiger charge is -2.34. The molecule has 1 aromatic heterocycles. The lowest BCUT2D eigenvalue weighted by molar-refractivity contribution is 0.256. The van der Waals surface area contributed by atoms with Gasteiger partial charge in [-0.15, -0.1) is 0 Å². The third-order valence-electron chi connectivity index (χ3n) is 4.58. The second kappa shape index (κ2) is 6.45. The molecule has 0 radical (unpaired) electrons. The number of aryl methyl sites for hydroxylation is 1. The van der Waals surface area contributed by atoms with Gasteiger partial charge in [-0.25, -0.2) is 8.42 Å². The summed E-state index contributed by atoms with van der Waals surface area (Å²) >= 11 is 0. The van der Waals surface area contributed by atoms with Crippen LogP contribution in [-0.2, 0) is 16.6 Å². The monoisotopic (exact) mass is 333 g/mol. The van der Waals surface area contributed by atoms with Crippen LogP contribution in [0.1, 0.15) is 43.5 Å². The summed E-state index contributed by atoms with van der Waals surface area (Å²) in [6, 6.07) is 9.84. The van der Waals surface area contributed by atoms with Gasteiger partial charge in [-0.3, -0.25) is 4.68 Å². The summed E-state index contributed by atoms with van der Waals surface area (Å²) in [5.74, 6) is 0. The molecule has 0 saturated carbocycles. The largest absolute Gasteiger partial charge is 0.269 e. The maximum absolute atomic E-state index is 13.2. The molecule has 1 aromatic carbocycles. The zero-order valence-corrected chi connectivity index (χ0v) is 14.5. The minimum Gasteiger partial charge on any atom is -0.269 e. The molecule has 1 unspecified atom stereocenters. The lowest BCUT2D eigenvalue weighted by Crippen LogP contribution is -2.38. The highest BCUT2D eigenvalue weighted by atomic mass is 32.2. The van der Waals surface area contributed by atoms with Gasteiger partial charge in [0.15, 0.2) is 0 Å². The van der Waals surface area contributed by atoms with Gasteiger partial charge >= 0.3 is 0 Å². The van der Waals surface area contributed by atoms with Gasteiger partial charge < -0.3 is 0 Å². The number of hydrogen-bond acceptors (Lipinski definition) is 3. The Morgan fingerprint density at radius 1 is 1.22 bits per heavy atom. The van der Waals surface area contributed by atoms with Crippen molar-refractivity contribution in [3.63, 3.8) is 0 Å². The van der Waals surface area contributed by atoms with E-state index in [1.807, 2.05) is 44.2 Å². The standard InChI is InChI=1S/C17H23N3O2S/c1-3-19-14(2)17(13-18-19)23(21,22)20-12-8-7-11-16(20)15-9-5-4-6-10-15/h4-6,9-10,13,16H,3,7-8,11-12H2,1-2H3. The first-order chi connectivity index (χ1) is 11.1. The van der Waals surface area contributed by atoms with Crippen molar-refractivity contribution in [3.05, 3.63) is 47.8 Å². The normalized spacial score (nSPS) is 19.8. The molecule has 1 saturated heterocycles. The first kappa shape index (κ1) is 16.2. The highest BCUT2D eigenvalue weighted by molar-refractivity contribution is 7.89. The summed E-state index contributed by atoms with van der Waals surface area (Å²) in [6.07, 6.45) is 4.32. The van der Waals surface area contributed by atoms with E-state index in [4.69, 9.17) is 0 Å². The van der Waals surface area contributed by atoms with Crippen molar-refractivity contribution in [1.82, 2.24) is 14.1 Å². The van der Waals surface area contributed by atoms with Gasteiger partial charge in [0.1, 0.15) is 4.90 Å². The minimum absolute atomic E-state index is 0.0840. The molecule has 6 heteroatoms. The molecule has 1 atom stereocenters. The van der Waals surface area contributed by atoms with Gasteiger partial charge in [0.2, 0.25) is 10.0 Å². The van der Waals surface area contributed by atoms with E-state index >= 15 is 0 Å². The molecule has 23 heavy (non-hydrogen) atoms. The number of hydrogen-bond donors (Lipinski definition) is 0. The first-order valence-electron chi connectivity index (χ1n) is 8.15. The molecule has 0 N–H and O–H groups in total. The Balaban J connectivity index is 2.01. The second-order valence-electron chi connectivity index (χ2n) is 5.95. The maximum atomic E-state index is 13.2. The van der Waals surface area contributed by atoms with E-state index in [2.05, 4.69) is 5.10 Å². The first-order valence-corrected chi connectivity index (χ1v) is 9.59. The van der Waals surface area contributed by atoms with E-state index in [9.17, 15) is 8.42 Å². The predicted octanol–water partition coefficient (Wildman–Crippen LogP) is 3.13. The van der Waals surface area contributed by atoms with Crippen LogP contribution in [0.4, 0.5) is 0 Å². The van der Waals surface area contributed by atoms with Gasteiger partial charge in [-0.2, -0.15) is 9.40 Å². The molecular weight excluding hydrogens is 310 g/mol. The van der Waals surface area contributed by atoms with Crippen LogP contribution in [-0.4, -0.2) is 29.0 Å². The van der Waals surface area contributed by atoms with E-state index in [0.717, 1.165) is 24.8 Å². The van der Waals surface area contributed by atoms with Crippen molar-refractivity contribution >= 4 is 10.0 Å². The van der Waals surface area contributed by atoms with E-state index in [-0.39, 0.29) is 6.04 Å². The number of benzene rings is 1. The molecule has 0 spiro atoms. The van der Waals surface area contributed by atoms with Crippen molar-refractivity contribution in [2.45, 2.75) is 50.6 Å². The van der Waals surface area contributed by atoms with E-state index in [0.29, 0.717) is 23.7 Å². The second-order valence-corrected chi connectivity index (χ2v) is 7.81. The fraction of sp³-hybridized carbons (Fsp3) is 0.471. The predicted molar refractivity (Wildman–Crippen MR) is 89.6 cm³/mol. The van der Waals surface area contributed by atoms with Gasteiger partial charge in [0.05, 0.1) is 17.9 Å². The average molecular weight is 333 g/mol. The van der Waals surface area contributed by atoms with Crippen LogP contribution in [0.5, 0.6) is 0 Å². The van der Waals surface area contributed by atoms with Gasteiger partial charge in [-0.1, -0.05) is 36.8 Å². The third-order valence-corrected chi connectivity index (χ3v) is 6.59. The van der Waals surface area contributed by atoms with E-state index in [1.165, 1.54) is 6.20 Å². The molecule has 124 valence electrons. The fourth-order valence-electron chi connectivity index (χ4n) is 3.33. The summed E-state index contributed by atoms with van der Waals surface area (Å²) in [7, 11) is -3.53. The summed E-state index contributed by atoms with van der Waals surface area (Å²) in [4.78, 5) is 0.335. The molecule has 1 aliphatic rings. The molecular formula is C17H23N3O2S. The molecule has 2 heterocycles. The molecule has 2 aromatic rings. The zero-order chi connectivity index (χ0) is 16.4. The quantitative estimate of drug-likeness (QED) is 0.864. The Labute approximate surface area is 138 Å². The highest BCUT2D eigenvalue weighted by Gasteiger charge is 2.36. The molecule has 0 amide bonds. The Morgan fingerprint density at radius 2 is 1.96 bits per heavy atom. The lowest BCUT2D eigenvalue weighted by atomic mass is 9.98. The average Bonchev–Trinajstić information content (AvgIpc) is 2.97. The van der Waals surface area contributed by atoms with Crippen molar-refractivity contribution in [2.75, 3.05) is 6.54 Å². The zero-order valence-electron chi connectivity index (χ0n) is 13.6. The molecule has 0 aliphatic carbocycles. The van der Waals surface area contributed by atoms with Gasteiger partial charge in [-0.05, 0) is 32.3 Å². The summed E-state index contributed by atoms with van der Waals surface area (Å²) in [5, 5.41) is 4.20.